The number of likely N-dealkylation sites (tertiary alicyclic amines) is 2. The summed E-state index contributed by atoms with van der Waals surface area (Å²) in [6.07, 6.45) is 2.96. The maximum Gasteiger partial charge on any atom is 0.276 e. The van der Waals surface area contributed by atoms with Crippen LogP contribution in [0.5, 0.6) is 0 Å². The molecule has 1 atom stereocenters. The van der Waals surface area contributed by atoms with Gasteiger partial charge in [0, 0.05) is 25.1 Å². The monoisotopic (exact) mass is 389 g/mol. The summed E-state index contributed by atoms with van der Waals surface area (Å²) in [5, 5.41) is 7.82. The minimum atomic E-state index is -2.95. The van der Waals surface area contributed by atoms with Gasteiger partial charge < -0.3 is 9.80 Å². The number of hydrogen-bond donors (Lipinski definition) is 0. The summed E-state index contributed by atoms with van der Waals surface area (Å²) in [4.78, 5) is 28.0. The molecule has 1 aromatic carbocycles. The molecule has 2 aliphatic heterocycles. The van der Waals surface area contributed by atoms with Crippen LogP contribution >= 0.6 is 0 Å². The summed E-state index contributed by atoms with van der Waals surface area (Å²) >= 11 is 0. The molecule has 4 rings (SSSR count). The van der Waals surface area contributed by atoms with Crippen LogP contribution < -0.4 is 0 Å². The molecule has 2 fully saturated rings. The van der Waals surface area contributed by atoms with Gasteiger partial charge in [0.15, 0.2) is 5.69 Å². The Labute approximate surface area is 160 Å². The number of nitrogens with zero attached hydrogens (tertiary/aromatic N) is 5. The predicted molar refractivity (Wildman–Crippen MR) is 96.0 cm³/mol. The van der Waals surface area contributed by atoms with Gasteiger partial charge in [-0.2, -0.15) is 0 Å². The van der Waals surface area contributed by atoms with Crippen molar-refractivity contribution in [3.8, 4) is 0 Å². The lowest BCUT2D eigenvalue weighted by molar-refractivity contribution is 0.0117. The van der Waals surface area contributed by atoms with E-state index in [0.717, 1.165) is 12.8 Å². The lowest BCUT2D eigenvalue weighted by Crippen LogP contribution is -2.38. The van der Waals surface area contributed by atoms with E-state index in [1.807, 2.05) is 0 Å². The average Bonchev–Trinajstić information content (AvgIpc) is 3.42. The minimum Gasteiger partial charge on any atom is -0.337 e. The lowest BCUT2D eigenvalue weighted by Gasteiger charge is -2.23. The summed E-state index contributed by atoms with van der Waals surface area (Å²) < 4.78 is 29.5. The first-order valence-electron chi connectivity index (χ1n) is 9.36. The van der Waals surface area contributed by atoms with E-state index in [1.54, 1.807) is 35.2 Å². The topological polar surface area (TPSA) is 71.3 Å². The second-order valence-corrected chi connectivity index (χ2v) is 7.34. The first kappa shape index (κ1) is 18.5. The first-order chi connectivity index (χ1) is 13.4. The zero-order chi connectivity index (χ0) is 19.7. The molecule has 3 heterocycles. The molecular weight excluding hydrogens is 368 g/mol. The lowest BCUT2D eigenvalue weighted by atomic mass is 10.1. The molecule has 0 unspecified atom stereocenters. The third-order valence-corrected chi connectivity index (χ3v) is 5.21. The Bertz CT molecular complexity index is 864. The fourth-order valence-corrected chi connectivity index (χ4v) is 3.83. The molecule has 0 saturated carbocycles. The van der Waals surface area contributed by atoms with Crippen LogP contribution in [0.4, 0.5) is 8.78 Å². The maximum absolute atomic E-state index is 14.1. The first-order valence-corrected chi connectivity index (χ1v) is 9.36. The zero-order valence-corrected chi connectivity index (χ0v) is 15.3. The molecule has 7 nitrogen and oxygen atoms in total. The molecule has 2 saturated heterocycles. The van der Waals surface area contributed by atoms with E-state index in [2.05, 4.69) is 10.3 Å². The molecule has 0 radical (unpaired) electrons. The highest BCUT2D eigenvalue weighted by Crippen LogP contribution is 2.33. The Morgan fingerprint density at radius 1 is 1.11 bits per heavy atom. The molecule has 0 aliphatic carbocycles. The Balaban J connectivity index is 1.49. The van der Waals surface area contributed by atoms with Crippen molar-refractivity contribution in [2.45, 2.75) is 37.8 Å². The van der Waals surface area contributed by atoms with Crippen molar-refractivity contribution < 1.29 is 18.4 Å². The van der Waals surface area contributed by atoms with Gasteiger partial charge >= 0.3 is 0 Å². The van der Waals surface area contributed by atoms with Crippen molar-refractivity contribution >= 4 is 11.8 Å². The van der Waals surface area contributed by atoms with Crippen molar-refractivity contribution in [2.24, 2.45) is 0 Å². The molecule has 0 bridgehead atoms. The van der Waals surface area contributed by atoms with Gasteiger partial charge in [-0.15, -0.1) is 5.10 Å². The second-order valence-electron chi connectivity index (χ2n) is 7.34. The van der Waals surface area contributed by atoms with Gasteiger partial charge in [0.05, 0.1) is 25.3 Å². The Kier molecular flexibility index (Phi) is 4.82. The number of aromatic nitrogens is 3. The Morgan fingerprint density at radius 3 is 2.54 bits per heavy atom. The number of carbonyl (C=O) groups excluding carboxylic acids is 2. The van der Waals surface area contributed by atoms with Gasteiger partial charge in [0.1, 0.15) is 0 Å². The maximum atomic E-state index is 14.1. The van der Waals surface area contributed by atoms with E-state index in [9.17, 15) is 18.4 Å². The van der Waals surface area contributed by atoms with E-state index >= 15 is 0 Å². The average molecular weight is 389 g/mol. The molecule has 28 heavy (non-hydrogen) atoms. The summed E-state index contributed by atoms with van der Waals surface area (Å²) in [6.45, 7) is 0.827. The largest absolute Gasteiger partial charge is 0.337 e. The molecule has 9 heteroatoms. The van der Waals surface area contributed by atoms with Crippen molar-refractivity contribution in [3.63, 3.8) is 0 Å². The normalized spacial score (nSPS) is 21.3. The second kappa shape index (κ2) is 7.29. The van der Waals surface area contributed by atoms with Gasteiger partial charge in [0.2, 0.25) is 0 Å². The number of halogens is 2. The van der Waals surface area contributed by atoms with Crippen molar-refractivity contribution in [1.82, 2.24) is 24.8 Å². The van der Waals surface area contributed by atoms with E-state index in [-0.39, 0.29) is 18.1 Å². The highest BCUT2D eigenvalue weighted by atomic mass is 19.3. The van der Waals surface area contributed by atoms with Gasteiger partial charge in [-0.25, -0.2) is 13.5 Å². The van der Waals surface area contributed by atoms with Crippen LogP contribution in [0.2, 0.25) is 0 Å². The molecular formula is C19H21F2N5O2. The van der Waals surface area contributed by atoms with E-state index in [4.69, 9.17) is 0 Å². The van der Waals surface area contributed by atoms with Crippen LogP contribution in [-0.4, -0.2) is 68.2 Å². The molecule has 0 spiro atoms. The fourth-order valence-electron chi connectivity index (χ4n) is 3.83. The number of hydrogen-bond acceptors (Lipinski definition) is 4. The van der Waals surface area contributed by atoms with E-state index in [0.29, 0.717) is 18.7 Å². The summed E-state index contributed by atoms with van der Waals surface area (Å²) in [6, 6.07) is 7.66. The SMILES string of the molecule is O=C(c1cn(C[C@@H]2CC(F)(F)CN2C(=O)c2ccccc2)nn1)N1CCCC1. The highest BCUT2D eigenvalue weighted by Gasteiger charge is 2.47. The van der Waals surface area contributed by atoms with Crippen LogP contribution in [0.3, 0.4) is 0 Å². The van der Waals surface area contributed by atoms with Crippen molar-refractivity contribution in [2.75, 3.05) is 19.6 Å². The number of rotatable bonds is 4. The number of benzene rings is 1. The van der Waals surface area contributed by atoms with E-state index in [1.165, 1.54) is 15.8 Å². The third-order valence-electron chi connectivity index (χ3n) is 5.21. The summed E-state index contributed by atoms with van der Waals surface area (Å²) in [5.74, 6) is -3.59. The van der Waals surface area contributed by atoms with Gasteiger partial charge in [-0.3, -0.25) is 9.59 Å². The van der Waals surface area contributed by atoms with Crippen LogP contribution in [0.25, 0.3) is 0 Å². The molecule has 2 amide bonds. The van der Waals surface area contributed by atoms with Crippen LogP contribution in [0, 0.1) is 0 Å². The van der Waals surface area contributed by atoms with Crippen molar-refractivity contribution in [3.05, 3.63) is 47.8 Å². The minimum absolute atomic E-state index is 0.0639. The van der Waals surface area contributed by atoms with Crippen LogP contribution in [0.1, 0.15) is 40.1 Å². The van der Waals surface area contributed by atoms with Crippen molar-refractivity contribution in [1.29, 1.82) is 0 Å². The highest BCUT2D eigenvalue weighted by molar-refractivity contribution is 5.94. The van der Waals surface area contributed by atoms with E-state index < -0.39 is 30.8 Å². The smallest absolute Gasteiger partial charge is 0.276 e. The molecule has 2 aromatic rings. The van der Waals surface area contributed by atoms with Crippen LogP contribution in [-0.2, 0) is 6.54 Å². The molecule has 1 aromatic heterocycles. The summed E-state index contributed by atoms with van der Waals surface area (Å²) in [5.41, 5.74) is 0.571. The number of alkyl halides is 2. The molecule has 2 aliphatic rings. The Morgan fingerprint density at radius 2 is 1.82 bits per heavy atom. The van der Waals surface area contributed by atoms with Gasteiger partial charge in [-0.05, 0) is 25.0 Å². The summed E-state index contributed by atoms with van der Waals surface area (Å²) in [7, 11) is 0. The molecule has 148 valence electrons. The van der Waals surface area contributed by atoms with Gasteiger partial charge in [0.25, 0.3) is 17.7 Å². The van der Waals surface area contributed by atoms with Crippen LogP contribution in [0.15, 0.2) is 36.5 Å². The third kappa shape index (κ3) is 3.74. The fraction of sp³-hybridized carbons (Fsp3) is 0.474. The predicted octanol–water partition coefficient (Wildman–Crippen LogP) is 2.06. The Hall–Kier alpha value is -2.84. The zero-order valence-electron chi connectivity index (χ0n) is 15.3. The number of amides is 2. The quantitative estimate of drug-likeness (QED) is 0.803. The van der Waals surface area contributed by atoms with Gasteiger partial charge in [-0.1, -0.05) is 23.4 Å². The number of carbonyl (C=O) groups is 2. The standard InChI is InChI=1S/C19H21F2N5O2/c20-19(21)10-15(26(13-19)17(27)14-6-2-1-3-7-14)11-25-12-16(22-23-25)18(28)24-8-4-5-9-24/h1-3,6-7,12,15H,4-5,8-11,13H2/t15-/m0/s1. The molecule has 0 N–H and O–H groups in total.